The Morgan fingerprint density at radius 3 is 2.06 bits per heavy atom. The monoisotopic (exact) mass is 472 g/mol. The molecular formula is C24H33KO5S. The molecule has 166 valence electrons. The molecule has 0 amide bonds. The zero-order valence-corrected chi connectivity index (χ0v) is 22.7. The fourth-order valence-electron chi connectivity index (χ4n) is 3.49. The third-order valence-corrected chi connectivity index (χ3v) is 6.03. The second-order valence-electron chi connectivity index (χ2n) is 7.73. The first-order valence-corrected chi connectivity index (χ1v) is 12.4. The SMILES string of the molecule is CCCCCCCCCCCCc1cccc([O-])c1Oc1cccc(S(=O)(=O)O)c1.[K+]. The van der Waals surface area contributed by atoms with Crippen LogP contribution in [-0.4, -0.2) is 13.0 Å². The van der Waals surface area contributed by atoms with Gasteiger partial charge >= 0.3 is 51.4 Å². The molecule has 0 atom stereocenters. The van der Waals surface area contributed by atoms with Gasteiger partial charge in [-0.3, -0.25) is 4.55 Å². The van der Waals surface area contributed by atoms with Gasteiger partial charge in [-0.1, -0.05) is 94.7 Å². The molecule has 2 aromatic carbocycles. The third-order valence-electron chi connectivity index (χ3n) is 5.18. The van der Waals surface area contributed by atoms with Gasteiger partial charge in [0.15, 0.2) is 0 Å². The molecule has 2 rings (SSSR count). The van der Waals surface area contributed by atoms with Crippen molar-refractivity contribution < 1.29 is 74.2 Å². The van der Waals surface area contributed by atoms with Crippen LogP contribution >= 0.6 is 0 Å². The molecule has 1 N–H and O–H groups in total. The van der Waals surface area contributed by atoms with Crippen LogP contribution in [0.15, 0.2) is 47.4 Å². The normalized spacial score (nSPS) is 11.2. The number of unbranched alkanes of at least 4 members (excludes halogenated alkanes) is 9. The Balaban J connectivity index is 0.00000480. The maximum atomic E-state index is 12.3. The quantitative estimate of drug-likeness (QED) is 0.259. The van der Waals surface area contributed by atoms with Crippen LogP contribution in [0.3, 0.4) is 0 Å². The number of hydrogen-bond donors (Lipinski definition) is 1. The fraction of sp³-hybridized carbons (Fsp3) is 0.500. The minimum absolute atomic E-state index is 0. The summed E-state index contributed by atoms with van der Waals surface area (Å²) in [7, 11) is -4.33. The Morgan fingerprint density at radius 2 is 1.45 bits per heavy atom. The van der Waals surface area contributed by atoms with E-state index in [0.29, 0.717) is 0 Å². The van der Waals surface area contributed by atoms with E-state index in [-0.39, 0.29) is 73.5 Å². The molecule has 0 bridgehead atoms. The molecule has 0 fully saturated rings. The number of benzene rings is 2. The van der Waals surface area contributed by atoms with Gasteiger partial charge in [0.1, 0.15) is 11.5 Å². The molecule has 0 aliphatic carbocycles. The molecule has 0 aliphatic rings. The van der Waals surface area contributed by atoms with Crippen molar-refractivity contribution in [2.75, 3.05) is 0 Å². The summed E-state index contributed by atoms with van der Waals surface area (Å²) in [4.78, 5) is -0.264. The van der Waals surface area contributed by atoms with E-state index in [1.54, 1.807) is 12.1 Å². The molecule has 0 spiro atoms. The smallest absolute Gasteiger partial charge is 0.870 e. The van der Waals surface area contributed by atoms with Crippen molar-refractivity contribution in [1.82, 2.24) is 0 Å². The van der Waals surface area contributed by atoms with E-state index in [1.807, 2.05) is 6.07 Å². The van der Waals surface area contributed by atoms with E-state index in [0.717, 1.165) is 24.8 Å². The van der Waals surface area contributed by atoms with Crippen LogP contribution in [0.2, 0.25) is 0 Å². The Bertz CT molecular complexity index is 883. The molecule has 0 radical (unpaired) electrons. The van der Waals surface area contributed by atoms with Gasteiger partial charge in [0.2, 0.25) is 0 Å². The Labute approximate surface area is 229 Å². The molecular weight excluding hydrogens is 439 g/mol. The van der Waals surface area contributed by atoms with Crippen molar-refractivity contribution in [1.29, 1.82) is 0 Å². The van der Waals surface area contributed by atoms with Gasteiger partial charge in [0.05, 0.1) is 4.90 Å². The summed E-state index contributed by atoms with van der Waals surface area (Å²) >= 11 is 0. The Hall–Kier alpha value is -0.414. The van der Waals surface area contributed by atoms with Crippen LogP contribution in [-0.2, 0) is 16.5 Å². The molecule has 7 heteroatoms. The summed E-state index contributed by atoms with van der Waals surface area (Å²) in [6.45, 7) is 2.23. The summed E-state index contributed by atoms with van der Waals surface area (Å²) in [5.74, 6) is 0.190. The van der Waals surface area contributed by atoms with Gasteiger partial charge in [0.25, 0.3) is 10.1 Å². The van der Waals surface area contributed by atoms with Crippen molar-refractivity contribution in [3.05, 3.63) is 48.0 Å². The molecule has 0 unspecified atom stereocenters. The summed E-state index contributed by atoms with van der Waals surface area (Å²) in [5.41, 5.74) is 0.819. The summed E-state index contributed by atoms with van der Waals surface area (Å²) in [6.07, 6.45) is 13.2. The van der Waals surface area contributed by atoms with Crippen molar-refractivity contribution in [3.8, 4) is 17.2 Å². The first-order valence-electron chi connectivity index (χ1n) is 11.0. The number of aryl methyl sites for hydroxylation is 1. The van der Waals surface area contributed by atoms with Gasteiger partial charge < -0.3 is 9.84 Å². The van der Waals surface area contributed by atoms with E-state index in [9.17, 15) is 18.1 Å². The third kappa shape index (κ3) is 10.8. The van der Waals surface area contributed by atoms with Crippen molar-refractivity contribution >= 4 is 10.1 Å². The average molecular weight is 473 g/mol. The van der Waals surface area contributed by atoms with Crippen LogP contribution in [0.25, 0.3) is 0 Å². The number of rotatable bonds is 14. The maximum absolute atomic E-state index is 12.3. The molecule has 0 aliphatic heterocycles. The number of para-hydroxylation sites is 1. The molecule has 2 aromatic rings. The van der Waals surface area contributed by atoms with Crippen LogP contribution in [0.5, 0.6) is 17.2 Å². The predicted octanol–water partition coefficient (Wildman–Crippen LogP) is 3.27. The van der Waals surface area contributed by atoms with Crippen LogP contribution < -0.4 is 61.2 Å². The van der Waals surface area contributed by atoms with E-state index >= 15 is 0 Å². The van der Waals surface area contributed by atoms with Crippen molar-refractivity contribution in [3.63, 3.8) is 0 Å². The molecule has 31 heavy (non-hydrogen) atoms. The average Bonchev–Trinajstić information content (AvgIpc) is 2.71. The first kappa shape index (κ1) is 28.6. The largest absolute Gasteiger partial charge is 1.00 e. The van der Waals surface area contributed by atoms with Crippen LogP contribution in [0.1, 0.15) is 76.7 Å². The van der Waals surface area contributed by atoms with Gasteiger partial charge in [0, 0.05) is 6.07 Å². The standard InChI is InChI=1S/C24H34O5S.K/c1-2-3-4-5-6-7-8-9-10-11-14-20-15-12-18-23(25)24(20)29-21-16-13-17-22(19-21)30(26,27)28;/h12-13,15-19,25H,2-11,14H2,1H3,(H,26,27,28);/q;+1/p-1. The minimum atomic E-state index is -4.33. The van der Waals surface area contributed by atoms with Crippen LogP contribution in [0.4, 0.5) is 0 Å². The van der Waals surface area contributed by atoms with Gasteiger partial charge in [-0.2, -0.15) is 8.42 Å². The fourth-order valence-corrected chi connectivity index (χ4v) is 4.01. The van der Waals surface area contributed by atoms with Crippen LogP contribution in [0, 0.1) is 0 Å². The molecule has 5 nitrogen and oxygen atoms in total. The van der Waals surface area contributed by atoms with Crippen molar-refractivity contribution in [2.24, 2.45) is 0 Å². The summed E-state index contributed by atoms with van der Waals surface area (Å²) in [6, 6.07) is 10.5. The van der Waals surface area contributed by atoms with E-state index in [2.05, 4.69) is 6.92 Å². The maximum Gasteiger partial charge on any atom is 1.00 e. The zero-order valence-electron chi connectivity index (χ0n) is 18.8. The molecule has 0 saturated heterocycles. The van der Waals surface area contributed by atoms with Gasteiger partial charge in [-0.05, 0) is 30.5 Å². The van der Waals surface area contributed by atoms with Gasteiger partial charge in [-0.15, -0.1) is 0 Å². The van der Waals surface area contributed by atoms with E-state index in [1.165, 1.54) is 75.6 Å². The van der Waals surface area contributed by atoms with E-state index in [4.69, 9.17) is 4.74 Å². The topological polar surface area (TPSA) is 86.7 Å². The first-order chi connectivity index (χ1) is 14.4. The predicted molar refractivity (Wildman–Crippen MR) is 118 cm³/mol. The molecule has 0 saturated carbocycles. The zero-order chi connectivity index (χ0) is 21.8. The minimum Gasteiger partial charge on any atom is -0.870 e. The number of ether oxygens (including phenoxy) is 1. The molecule has 0 aromatic heterocycles. The summed E-state index contributed by atoms with van der Waals surface area (Å²) < 4.78 is 37.6. The van der Waals surface area contributed by atoms with Gasteiger partial charge in [-0.25, -0.2) is 0 Å². The second-order valence-corrected chi connectivity index (χ2v) is 9.15. The second kappa shape index (κ2) is 15.4. The van der Waals surface area contributed by atoms with E-state index < -0.39 is 10.1 Å². The number of hydrogen-bond acceptors (Lipinski definition) is 4. The summed E-state index contributed by atoms with van der Waals surface area (Å²) in [5, 5.41) is 12.3. The Morgan fingerprint density at radius 1 is 0.871 bits per heavy atom. The Kier molecular flexibility index (Phi) is 14.2. The van der Waals surface area contributed by atoms with Crippen molar-refractivity contribution in [2.45, 2.75) is 82.4 Å². The molecule has 0 heterocycles.